The zero-order chi connectivity index (χ0) is 16.9. The summed E-state index contributed by atoms with van der Waals surface area (Å²) in [6, 6.07) is 4.01. The summed E-state index contributed by atoms with van der Waals surface area (Å²) in [4.78, 5) is 33.8. The van der Waals surface area contributed by atoms with Crippen molar-refractivity contribution in [1.82, 2.24) is 5.32 Å². The van der Waals surface area contributed by atoms with E-state index >= 15 is 0 Å². The van der Waals surface area contributed by atoms with Gasteiger partial charge in [0.25, 0.3) is 11.6 Å². The predicted octanol–water partition coefficient (Wildman–Crippen LogP) is 1.71. The molecular weight excluding hydrogens is 290 g/mol. The second-order valence-corrected chi connectivity index (χ2v) is 5.51. The Balaban J connectivity index is 2.76. The van der Waals surface area contributed by atoms with Gasteiger partial charge in [-0.1, -0.05) is 0 Å². The number of carbonyl (C=O) groups excluding carboxylic acids is 2. The molecule has 0 radical (unpaired) electrons. The fraction of sp³-hybridized carbons (Fsp3) is 0.429. The molecule has 0 atom stereocenters. The van der Waals surface area contributed by atoms with E-state index in [9.17, 15) is 19.7 Å². The van der Waals surface area contributed by atoms with Crippen molar-refractivity contribution < 1.29 is 19.2 Å². The third-order valence-corrected chi connectivity index (χ3v) is 2.54. The van der Waals surface area contributed by atoms with Crippen molar-refractivity contribution in [3.63, 3.8) is 0 Å². The van der Waals surface area contributed by atoms with E-state index in [1.54, 1.807) is 27.8 Å². The van der Waals surface area contributed by atoms with Crippen LogP contribution in [-0.4, -0.2) is 36.0 Å². The van der Waals surface area contributed by atoms with Gasteiger partial charge in [-0.15, -0.1) is 0 Å². The Kier molecular flexibility index (Phi) is 5.44. The van der Waals surface area contributed by atoms with Gasteiger partial charge in [-0.05, 0) is 32.9 Å². The second kappa shape index (κ2) is 6.88. The number of nitro groups is 1. The van der Waals surface area contributed by atoms with Crippen LogP contribution in [-0.2, 0) is 9.53 Å². The lowest BCUT2D eigenvalue weighted by atomic mass is 10.1. The van der Waals surface area contributed by atoms with Crippen LogP contribution in [0.1, 0.15) is 31.1 Å². The van der Waals surface area contributed by atoms with Crippen LogP contribution in [0.5, 0.6) is 0 Å². The third kappa shape index (κ3) is 5.04. The summed E-state index contributed by atoms with van der Waals surface area (Å²) in [7, 11) is 1.55. The first-order chi connectivity index (χ1) is 10.1. The van der Waals surface area contributed by atoms with Gasteiger partial charge < -0.3 is 15.4 Å². The summed E-state index contributed by atoms with van der Waals surface area (Å²) >= 11 is 0. The molecule has 0 aromatic heterocycles. The first kappa shape index (κ1) is 17.4. The Morgan fingerprint density at radius 1 is 1.32 bits per heavy atom. The van der Waals surface area contributed by atoms with Gasteiger partial charge in [0, 0.05) is 18.7 Å². The summed E-state index contributed by atoms with van der Waals surface area (Å²) in [6.07, 6.45) is 0. The minimum Gasteiger partial charge on any atom is -0.459 e. The van der Waals surface area contributed by atoms with E-state index in [0.717, 1.165) is 6.07 Å². The molecule has 0 aliphatic rings. The average Bonchev–Trinajstić information content (AvgIpc) is 2.42. The molecule has 1 aromatic carbocycles. The molecule has 22 heavy (non-hydrogen) atoms. The van der Waals surface area contributed by atoms with E-state index in [-0.39, 0.29) is 17.8 Å². The van der Waals surface area contributed by atoms with Gasteiger partial charge in [0.05, 0.1) is 4.92 Å². The van der Waals surface area contributed by atoms with Gasteiger partial charge >= 0.3 is 5.97 Å². The van der Waals surface area contributed by atoms with E-state index in [1.807, 2.05) is 0 Å². The summed E-state index contributed by atoms with van der Waals surface area (Å²) in [5, 5.41) is 16.0. The number of rotatable bonds is 5. The monoisotopic (exact) mass is 309 g/mol. The van der Waals surface area contributed by atoms with Crippen molar-refractivity contribution in [3.8, 4) is 0 Å². The Bertz CT molecular complexity index is 593. The van der Waals surface area contributed by atoms with Gasteiger partial charge in [-0.2, -0.15) is 0 Å². The lowest BCUT2D eigenvalue weighted by Gasteiger charge is -2.19. The number of anilines is 1. The minimum atomic E-state index is -0.644. The molecule has 0 aliphatic carbocycles. The zero-order valence-electron chi connectivity index (χ0n) is 12.9. The lowest BCUT2D eigenvalue weighted by Crippen LogP contribution is -2.34. The van der Waals surface area contributed by atoms with E-state index < -0.39 is 22.4 Å². The van der Waals surface area contributed by atoms with Gasteiger partial charge in [0.2, 0.25) is 0 Å². The van der Waals surface area contributed by atoms with Crippen LogP contribution < -0.4 is 10.6 Å². The van der Waals surface area contributed by atoms with Gasteiger partial charge in [-0.25, -0.2) is 0 Å². The highest BCUT2D eigenvalue weighted by Crippen LogP contribution is 2.24. The number of hydrogen-bond donors (Lipinski definition) is 2. The molecule has 0 fully saturated rings. The van der Waals surface area contributed by atoms with Gasteiger partial charge in [0.15, 0.2) is 0 Å². The van der Waals surface area contributed by atoms with E-state index in [2.05, 4.69) is 10.6 Å². The maximum atomic E-state index is 11.9. The molecule has 0 bridgehead atoms. The SMILES string of the molecule is CNc1ccc(C(=O)NCC(=O)OC(C)(C)C)cc1[N+](=O)[O-]. The number of hydrogen-bond acceptors (Lipinski definition) is 6. The normalized spacial score (nSPS) is 10.7. The van der Waals surface area contributed by atoms with Crippen LogP contribution in [0.3, 0.4) is 0 Å². The zero-order valence-corrected chi connectivity index (χ0v) is 12.9. The Labute approximate surface area is 128 Å². The van der Waals surface area contributed by atoms with Crippen LogP contribution in [0.4, 0.5) is 11.4 Å². The Morgan fingerprint density at radius 3 is 2.45 bits per heavy atom. The molecule has 0 unspecified atom stereocenters. The Morgan fingerprint density at radius 2 is 1.95 bits per heavy atom. The molecule has 1 amide bonds. The van der Waals surface area contributed by atoms with Crippen LogP contribution in [0.2, 0.25) is 0 Å². The molecule has 120 valence electrons. The number of carbonyl (C=O) groups is 2. The number of nitrogens with zero attached hydrogens (tertiary/aromatic N) is 1. The van der Waals surface area contributed by atoms with E-state index in [4.69, 9.17) is 4.74 Å². The van der Waals surface area contributed by atoms with Crippen molar-refractivity contribution in [2.75, 3.05) is 18.9 Å². The maximum absolute atomic E-state index is 11.9. The highest BCUT2D eigenvalue weighted by molar-refractivity contribution is 5.97. The minimum absolute atomic E-state index is 0.0919. The number of amides is 1. The van der Waals surface area contributed by atoms with Crippen molar-refractivity contribution in [3.05, 3.63) is 33.9 Å². The topological polar surface area (TPSA) is 111 Å². The van der Waals surface area contributed by atoms with Crippen LogP contribution in [0.15, 0.2) is 18.2 Å². The second-order valence-electron chi connectivity index (χ2n) is 5.51. The molecule has 0 heterocycles. The predicted molar refractivity (Wildman–Crippen MR) is 80.8 cm³/mol. The van der Waals surface area contributed by atoms with Crippen molar-refractivity contribution in [1.29, 1.82) is 0 Å². The summed E-state index contributed by atoms with van der Waals surface area (Å²) in [5.74, 6) is -1.17. The van der Waals surface area contributed by atoms with Crippen molar-refractivity contribution in [2.24, 2.45) is 0 Å². The molecule has 1 rings (SSSR count). The first-order valence-electron chi connectivity index (χ1n) is 6.60. The van der Waals surface area contributed by atoms with Crippen LogP contribution in [0.25, 0.3) is 0 Å². The van der Waals surface area contributed by atoms with Crippen LogP contribution >= 0.6 is 0 Å². The van der Waals surface area contributed by atoms with Crippen LogP contribution in [0, 0.1) is 10.1 Å². The highest BCUT2D eigenvalue weighted by Gasteiger charge is 2.19. The fourth-order valence-electron chi connectivity index (χ4n) is 1.67. The first-order valence-corrected chi connectivity index (χ1v) is 6.60. The van der Waals surface area contributed by atoms with E-state index in [0.29, 0.717) is 5.69 Å². The number of nitrogens with one attached hydrogen (secondary N) is 2. The molecule has 0 aliphatic heterocycles. The maximum Gasteiger partial charge on any atom is 0.325 e. The van der Waals surface area contributed by atoms with Gasteiger partial charge in [-0.3, -0.25) is 19.7 Å². The Hall–Kier alpha value is -2.64. The molecule has 2 N–H and O–H groups in total. The quantitative estimate of drug-likeness (QED) is 0.486. The molecular formula is C14H19N3O5. The molecule has 0 saturated carbocycles. The number of ether oxygens (including phenoxy) is 1. The van der Waals surface area contributed by atoms with E-state index in [1.165, 1.54) is 12.1 Å². The standard InChI is InChI=1S/C14H19N3O5/c1-14(2,3)22-12(18)8-16-13(19)9-5-6-10(15-4)11(7-9)17(20)21/h5-7,15H,8H2,1-4H3,(H,16,19). The van der Waals surface area contributed by atoms with Gasteiger partial charge in [0.1, 0.15) is 17.8 Å². The highest BCUT2D eigenvalue weighted by atomic mass is 16.6. The number of benzene rings is 1. The summed E-state index contributed by atoms with van der Waals surface area (Å²) in [5.41, 5.74) is -0.468. The fourth-order valence-corrected chi connectivity index (χ4v) is 1.67. The molecule has 0 saturated heterocycles. The smallest absolute Gasteiger partial charge is 0.325 e. The molecule has 1 aromatic rings. The lowest BCUT2D eigenvalue weighted by molar-refractivity contribution is -0.384. The molecule has 8 heteroatoms. The summed E-state index contributed by atoms with van der Waals surface area (Å²) < 4.78 is 5.05. The van der Waals surface area contributed by atoms with Crippen molar-refractivity contribution >= 4 is 23.3 Å². The average molecular weight is 309 g/mol. The van der Waals surface area contributed by atoms with Crippen molar-refractivity contribution in [2.45, 2.75) is 26.4 Å². The largest absolute Gasteiger partial charge is 0.459 e. The third-order valence-electron chi connectivity index (χ3n) is 2.54. The number of esters is 1. The number of nitro benzene ring substituents is 1. The molecule has 0 spiro atoms. The molecule has 8 nitrogen and oxygen atoms in total. The summed E-state index contributed by atoms with van der Waals surface area (Å²) in [6.45, 7) is 4.84.